The SMILES string of the molecule is CCOC(=O)[C@H]1CN2CCC1CC2. The van der Waals surface area contributed by atoms with Crippen LogP contribution in [0, 0.1) is 11.8 Å². The zero-order valence-electron chi connectivity index (χ0n) is 8.16. The van der Waals surface area contributed by atoms with E-state index in [1.54, 1.807) is 0 Å². The first-order chi connectivity index (χ1) is 6.31. The van der Waals surface area contributed by atoms with Gasteiger partial charge in [-0.2, -0.15) is 0 Å². The molecule has 3 heterocycles. The van der Waals surface area contributed by atoms with Gasteiger partial charge in [-0.1, -0.05) is 0 Å². The molecule has 13 heavy (non-hydrogen) atoms. The number of hydrogen-bond acceptors (Lipinski definition) is 3. The van der Waals surface area contributed by atoms with Crippen molar-refractivity contribution in [1.82, 2.24) is 4.90 Å². The number of piperidine rings is 3. The number of nitrogens with zero attached hydrogens (tertiary/aromatic N) is 1. The Bertz CT molecular complexity index is 197. The monoisotopic (exact) mass is 183 g/mol. The first-order valence-corrected chi connectivity index (χ1v) is 5.20. The Balaban J connectivity index is 1.96. The lowest BCUT2D eigenvalue weighted by Crippen LogP contribution is -2.50. The van der Waals surface area contributed by atoms with Crippen LogP contribution in [-0.2, 0) is 9.53 Å². The lowest BCUT2D eigenvalue weighted by atomic mass is 9.79. The minimum absolute atomic E-state index is 0.0249. The molecule has 3 saturated heterocycles. The van der Waals surface area contributed by atoms with Gasteiger partial charge in [-0.25, -0.2) is 0 Å². The maximum atomic E-state index is 11.5. The van der Waals surface area contributed by atoms with Crippen molar-refractivity contribution in [3.63, 3.8) is 0 Å². The summed E-state index contributed by atoms with van der Waals surface area (Å²) in [4.78, 5) is 13.9. The van der Waals surface area contributed by atoms with Crippen molar-refractivity contribution in [3.8, 4) is 0 Å². The maximum Gasteiger partial charge on any atom is 0.310 e. The van der Waals surface area contributed by atoms with Gasteiger partial charge in [0.15, 0.2) is 0 Å². The van der Waals surface area contributed by atoms with E-state index in [1.807, 2.05) is 6.92 Å². The number of fused-ring (bicyclic) bond motifs is 3. The fraction of sp³-hybridized carbons (Fsp3) is 0.900. The predicted octanol–water partition coefficient (Wildman–Crippen LogP) is 0.891. The van der Waals surface area contributed by atoms with E-state index >= 15 is 0 Å². The zero-order valence-corrected chi connectivity index (χ0v) is 8.16. The zero-order chi connectivity index (χ0) is 9.26. The van der Waals surface area contributed by atoms with Crippen LogP contribution < -0.4 is 0 Å². The van der Waals surface area contributed by atoms with Crippen LogP contribution >= 0.6 is 0 Å². The van der Waals surface area contributed by atoms with Crippen molar-refractivity contribution < 1.29 is 9.53 Å². The summed E-state index contributed by atoms with van der Waals surface area (Å²) in [6.07, 6.45) is 2.37. The van der Waals surface area contributed by atoms with E-state index in [1.165, 1.54) is 25.9 Å². The quantitative estimate of drug-likeness (QED) is 0.595. The molecule has 3 heteroatoms. The van der Waals surface area contributed by atoms with Gasteiger partial charge in [-0.3, -0.25) is 4.79 Å². The standard InChI is InChI=1S/C10H17NO2/c1-2-13-10(12)9-7-11-5-3-8(9)4-6-11/h8-9H,2-7H2,1H3/t9-/m0/s1. The molecular formula is C10H17NO2. The summed E-state index contributed by atoms with van der Waals surface area (Å²) in [5, 5.41) is 0. The smallest absolute Gasteiger partial charge is 0.310 e. The summed E-state index contributed by atoms with van der Waals surface area (Å²) >= 11 is 0. The van der Waals surface area contributed by atoms with Crippen LogP contribution in [0.4, 0.5) is 0 Å². The molecule has 3 aliphatic rings. The normalized spacial score (nSPS) is 37.5. The molecule has 74 valence electrons. The number of carbonyl (C=O) groups is 1. The lowest BCUT2D eigenvalue weighted by molar-refractivity contribution is -0.154. The van der Waals surface area contributed by atoms with Crippen molar-refractivity contribution in [2.24, 2.45) is 11.8 Å². The van der Waals surface area contributed by atoms with Crippen LogP contribution in [0.15, 0.2) is 0 Å². The van der Waals surface area contributed by atoms with Gasteiger partial charge >= 0.3 is 5.97 Å². The minimum atomic E-state index is 0.0249. The minimum Gasteiger partial charge on any atom is -0.466 e. The van der Waals surface area contributed by atoms with Gasteiger partial charge in [-0.15, -0.1) is 0 Å². The average Bonchev–Trinajstić information content (AvgIpc) is 2.20. The number of ether oxygens (including phenoxy) is 1. The Hall–Kier alpha value is -0.570. The van der Waals surface area contributed by atoms with Gasteiger partial charge in [0, 0.05) is 6.54 Å². The second-order valence-electron chi connectivity index (χ2n) is 4.00. The molecule has 0 aromatic heterocycles. The van der Waals surface area contributed by atoms with Gasteiger partial charge < -0.3 is 9.64 Å². The van der Waals surface area contributed by atoms with Crippen LogP contribution in [0.3, 0.4) is 0 Å². The molecule has 3 rings (SSSR count). The highest BCUT2D eigenvalue weighted by Gasteiger charge is 2.38. The molecule has 0 aliphatic carbocycles. The molecule has 2 bridgehead atoms. The number of hydrogen-bond donors (Lipinski definition) is 0. The Morgan fingerprint density at radius 2 is 2.15 bits per heavy atom. The highest BCUT2D eigenvalue weighted by Crippen LogP contribution is 2.32. The molecule has 1 atom stereocenters. The van der Waals surface area contributed by atoms with Gasteiger partial charge in [-0.05, 0) is 38.8 Å². The van der Waals surface area contributed by atoms with Gasteiger partial charge in [0.2, 0.25) is 0 Å². The Kier molecular flexibility index (Phi) is 2.54. The molecule has 0 spiro atoms. The summed E-state index contributed by atoms with van der Waals surface area (Å²) in [5.74, 6) is 0.795. The summed E-state index contributed by atoms with van der Waals surface area (Å²) in [7, 11) is 0. The van der Waals surface area contributed by atoms with E-state index in [-0.39, 0.29) is 11.9 Å². The van der Waals surface area contributed by atoms with Crippen LogP contribution in [-0.4, -0.2) is 37.1 Å². The first-order valence-electron chi connectivity index (χ1n) is 5.20. The van der Waals surface area contributed by atoms with Crippen LogP contribution in [0.2, 0.25) is 0 Å². The van der Waals surface area contributed by atoms with Crippen LogP contribution in [0.5, 0.6) is 0 Å². The predicted molar refractivity (Wildman–Crippen MR) is 49.3 cm³/mol. The molecule has 3 nitrogen and oxygen atoms in total. The fourth-order valence-electron chi connectivity index (χ4n) is 2.48. The first kappa shape index (κ1) is 9.00. The Morgan fingerprint density at radius 3 is 2.62 bits per heavy atom. The van der Waals surface area contributed by atoms with Crippen LogP contribution in [0.25, 0.3) is 0 Å². The van der Waals surface area contributed by atoms with E-state index in [2.05, 4.69) is 4.90 Å². The molecule has 0 amide bonds. The van der Waals surface area contributed by atoms with Crippen LogP contribution in [0.1, 0.15) is 19.8 Å². The van der Waals surface area contributed by atoms with E-state index in [0.29, 0.717) is 12.5 Å². The van der Waals surface area contributed by atoms with Crippen molar-refractivity contribution in [3.05, 3.63) is 0 Å². The number of esters is 1. The summed E-state index contributed by atoms with van der Waals surface area (Å²) < 4.78 is 5.07. The molecule has 0 aromatic rings. The summed E-state index contributed by atoms with van der Waals surface area (Å²) in [5.41, 5.74) is 0. The molecule has 0 radical (unpaired) electrons. The van der Waals surface area contributed by atoms with Gasteiger partial charge in [0.1, 0.15) is 0 Å². The maximum absolute atomic E-state index is 11.5. The third-order valence-electron chi connectivity index (χ3n) is 3.25. The molecule has 3 fully saturated rings. The summed E-state index contributed by atoms with van der Waals surface area (Å²) in [6.45, 7) is 5.69. The summed E-state index contributed by atoms with van der Waals surface area (Å²) in [6, 6.07) is 0. The van der Waals surface area contributed by atoms with Gasteiger partial charge in [0.05, 0.1) is 12.5 Å². The molecule has 3 aliphatic heterocycles. The lowest BCUT2D eigenvalue weighted by Gasteiger charge is -2.43. The van der Waals surface area contributed by atoms with Crippen molar-refractivity contribution >= 4 is 5.97 Å². The molecular weight excluding hydrogens is 166 g/mol. The van der Waals surface area contributed by atoms with E-state index in [4.69, 9.17) is 4.74 Å². The van der Waals surface area contributed by atoms with Crippen molar-refractivity contribution in [2.45, 2.75) is 19.8 Å². The number of rotatable bonds is 2. The van der Waals surface area contributed by atoms with Crippen molar-refractivity contribution in [2.75, 3.05) is 26.2 Å². The largest absolute Gasteiger partial charge is 0.466 e. The Labute approximate surface area is 79.0 Å². The number of carbonyl (C=O) groups excluding carboxylic acids is 1. The fourth-order valence-corrected chi connectivity index (χ4v) is 2.48. The van der Waals surface area contributed by atoms with Crippen molar-refractivity contribution in [1.29, 1.82) is 0 Å². The van der Waals surface area contributed by atoms with E-state index in [9.17, 15) is 4.79 Å². The average molecular weight is 183 g/mol. The van der Waals surface area contributed by atoms with E-state index < -0.39 is 0 Å². The van der Waals surface area contributed by atoms with Gasteiger partial charge in [0.25, 0.3) is 0 Å². The molecule has 0 aromatic carbocycles. The van der Waals surface area contributed by atoms with E-state index in [0.717, 1.165) is 6.54 Å². The topological polar surface area (TPSA) is 29.5 Å². The second-order valence-corrected chi connectivity index (χ2v) is 4.00. The Morgan fingerprint density at radius 1 is 1.46 bits per heavy atom. The molecule has 0 N–H and O–H groups in total. The third kappa shape index (κ3) is 1.70. The molecule has 0 saturated carbocycles. The highest BCUT2D eigenvalue weighted by atomic mass is 16.5. The highest BCUT2D eigenvalue weighted by molar-refractivity contribution is 5.73. The third-order valence-corrected chi connectivity index (χ3v) is 3.25. The second kappa shape index (κ2) is 3.66. The molecule has 0 unspecified atom stereocenters.